The fraction of sp³-hybridized carbons (Fsp3) is 0.393. The second-order valence-corrected chi connectivity index (χ2v) is 10.2. The lowest BCUT2D eigenvalue weighted by molar-refractivity contribution is -0.384. The molecule has 0 spiro atoms. The molecule has 0 unspecified atom stereocenters. The maximum absolute atomic E-state index is 13.9. The van der Waals surface area contributed by atoms with Gasteiger partial charge in [0.15, 0.2) is 0 Å². The molecular weight excluding hydrogens is 505 g/mol. The van der Waals surface area contributed by atoms with Crippen LogP contribution >= 0.6 is 0 Å². The van der Waals surface area contributed by atoms with Gasteiger partial charge < -0.3 is 20.1 Å². The number of rotatable bonds is 4. The molecule has 39 heavy (non-hydrogen) atoms. The molecule has 1 aliphatic carbocycles. The quantitative estimate of drug-likeness (QED) is 0.338. The van der Waals surface area contributed by atoms with Gasteiger partial charge in [-0.25, -0.2) is 14.4 Å². The van der Waals surface area contributed by atoms with Crippen molar-refractivity contribution in [3.05, 3.63) is 69.9 Å². The van der Waals surface area contributed by atoms with Gasteiger partial charge in [-0.1, -0.05) is 0 Å². The fourth-order valence-corrected chi connectivity index (χ4v) is 4.93. The average Bonchev–Trinajstić information content (AvgIpc) is 2.90. The van der Waals surface area contributed by atoms with Crippen LogP contribution in [0.25, 0.3) is 11.3 Å². The van der Waals surface area contributed by atoms with Crippen LogP contribution in [-0.4, -0.2) is 46.2 Å². The molecule has 6 rings (SSSR count). The van der Waals surface area contributed by atoms with Crippen LogP contribution in [-0.2, 0) is 11.3 Å². The zero-order valence-corrected chi connectivity index (χ0v) is 21.6. The highest BCUT2D eigenvalue weighted by atomic mass is 19.1. The molecule has 2 aromatic carbocycles. The van der Waals surface area contributed by atoms with E-state index in [9.17, 15) is 19.3 Å². The van der Waals surface area contributed by atoms with Crippen molar-refractivity contribution < 1.29 is 23.6 Å². The highest BCUT2D eigenvalue weighted by Gasteiger charge is 2.40. The van der Waals surface area contributed by atoms with E-state index < -0.39 is 10.6 Å². The largest absolute Gasteiger partial charge is 0.493 e. The third-order valence-corrected chi connectivity index (χ3v) is 6.87. The Bertz CT molecular complexity index is 1370. The van der Waals surface area contributed by atoms with Crippen molar-refractivity contribution in [2.45, 2.75) is 44.9 Å². The number of benzene rings is 2. The molecule has 1 amide bonds. The number of fused-ring (bicyclic) bond motifs is 9. The topological polar surface area (TPSA) is 129 Å². The maximum atomic E-state index is 13.9. The Labute approximate surface area is 225 Å². The number of nitrogens with one attached hydrogen (secondary N) is 2. The Morgan fingerprint density at radius 3 is 2.85 bits per heavy atom. The number of hydrogen-bond donors (Lipinski definition) is 2. The van der Waals surface area contributed by atoms with Gasteiger partial charge in [0.25, 0.3) is 11.6 Å². The normalized spacial score (nSPS) is 21.4. The van der Waals surface area contributed by atoms with E-state index in [-0.39, 0.29) is 34.6 Å². The van der Waals surface area contributed by atoms with Gasteiger partial charge in [0.2, 0.25) is 5.95 Å². The molecule has 2 N–H and O–H groups in total. The van der Waals surface area contributed by atoms with Crippen molar-refractivity contribution in [3.63, 3.8) is 0 Å². The molecule has 10 nitrogen and oxygen atoms in total. The van der Waals surface area contributed by atoms with E-state index in [1.807, 2.05) is 18.2 Å². The first kappa shape index (κ1) is 26.5. The average molecular weight is 536 g/mol. The Morgan fingerprint density at radius 1 is 1.21 bits per heavy atom. The first-order valence-electron chi connectivity index (χ1n) is 13.0. The lowest BCUT2D eigenvalue weighted by Gasteiger charge is -2.38. The van der Waals surface area contributed by atoms with E-state index in [1.54, 1.807) is 19.1 Å². The summed E-state index contributed by atoms with van der Waals surface area (Å²) in [5.74, 6) is 0.708. The number of alkyl halides is 1. The van der Waals surface area contributed by atoms with Gasteiger partial charge in [0.05, 0.1) is 29.4 Å². The molecule has 1 saturated carbocycles. The van der Waals surface area contributed by atoms with Crippen LogP contribution < -0.4 is 15.4 Å². The third-order valence-electron chi connectivity index (χ3n) is 6.87. The first-order chi connectivity index (χ1) is 18.8. The number of nitro groups is 1. The van der Waals surface area contributed by atoms with Crippen molar-refractivity contribution in [1.82, 2.24) is 15.3 Å². The van der Waals surface area contributed by atoms with Crippen molar-refractivity contribution in [1.29, 1.82) is 0 Å². The van der Waals surface area contributed by atoms with Crippen LogP contribution in [0.4, 0.5) is 21.7 Å². The third kappa shape index (κ3) is 6.48. The van der Waals surface area contributed by atoms with Gasteiger partial charge in [0.1, 0.15) is 11.4 Å². The highest BCUT2D eigenvalue weighted by Crippen LogP contribution is 2.41. The maximum Gasteiger partial charge on any atom is 0.279 e. The van der Waals surface area contributed by atoms with Crippen LogP contribution in [0.15, 0.2) is 48.7 Å². The number of nitro benzene ring substituents is 1. The summed E-state index contributed by atoms with van der Waals surface area (Å²) in [6, 6.07) is 11.5. The molecule has 2 aliphatic heterocycles. The molecule has 3 aromatic rings. The minimum atomic E-state index is -1.11. The van der Waals surface area contributed by atoms with Gasteiger partial charge in [-0.15, -0.1) is 0 Å². The Balaban J connectivity index is 1.43. The van der Waals surface area contributed by atoms with E-state index in [1.165, 1.54) is 18.3 Å². The van der Waals surface area contributed by atoms with Crippen LogP contribution in [0.5, 0.6) is 5.75 Å². The van der Waals surface area contributed by atoms with Crippen molar-refractivity contribution in [2.24, 2.45) is 5.92 Å². The van der Waals surface area contributed by atoms with E-state index in [2.05, 4.69) is 20.6 Å². The number of amides is 1. The van der Waals surface area contributed by atoms with Crippen LogP contribution in [0.3, 0.4) is 0 Å². The molecule has 0 atom stereocenters. The molecule has 204 valence electrons. The summed E-state index contributed by atoms with van der Waals surface area (Å²) in [5, 5.41) is 17.8. The molecular formula is C28H30FN5O5. The van der Waals surface area contributed by atoms with Crippen LogP contribution in [0.1, 0.15) is 48.5 Å². The Kier molecular flexibility index (Phi) is 7.69. The molecule has 0 radical (unpaired) electrons. The van der Waals surface area contributed by atoms with Crippen molar-refractivity contribution in [3.8, 4) is 17.0 Å². The lowest BCUT2D eigenvalue weighted by Crippen LogP contribution is -2.39. The molecule has 1 fully saturated rings. The summed E-state index contributed by atoms with van der Waals surface area (Å²) >= 11 is 0. The standard InChI is InChI=1S/C28H30FN5O5/c1-28(29)14-18(15-28)16-39-25-7-5-21-12-20(25)17-38-11-3-2-9-30-26(35)19-4-6-22(24(13-19)34(36)37)23-8-10-31-27(32-21)33-23/h4-8,10,12-13,18H,2-3,9,11,14-17H2,1H3,(H,30,35)(H,31,32,33). The van der Waals surface area contributed by atoms with Gasteiger partial charge >= 0.3 is 0 Å². The molecule has 3 heterocycles. The summed E-state index contributed by atoms with van der Waals surface area (Å²) in [6.45, 7) is 3.24. The monoisotopic (exact) mass is 535 g/mol. The second-order valence-electron chi connectivity index (χ2n) is 10.2. The zero-order valence-electron chi connectivity index (χ0n) is 21.6. The number of halogens is 1. The molecule has 1 aromatic heterocycles. The number of ether oxygens (including phenoxy) is 2. The molecule has 6 bridgehead atoms. The first-order valence-corrected chi connectivity index (χ1v) is 13.0. The summed E-state index contributed by atoms with van der Waals surface area (Å²) in [7, 11) is 0. The van der Waals surface area contributed by atoms with Gasteiger partial charge in [0, 0.05) is 42.2 Å². The highest BCUT2D eigenvalue weighted by molar-refractivity contribution is 5.96. The van der Waals surface area contributed by atoms with Crippen molar-refractivity contribution >= 4 is 23.2 Å². The van der Waals surface area contributed by atoms with E-state index in [0.29, 0.717) is 69.2 Å². The number of nitrogens with zero attached hydrogens (tertiary/aromatic N) is 3. The summed E-state index contributed by atoms with van der Waals surface area (Å²) in [4.78, 5) is 32.7. The smallest absolute Gasteiger partial charge is 0.279 e. The summed E-state index contributed by atoms with van der Waals surface area (Å²) in [6.07, 6.45) is 3.88. The number of carbonyl (C=O) groups excluding carboxylic acids is 1. The predicted octanol–water partition coefficient (Wildman–Crippen LogP) is 5.35. The van der Waals surface area contributed by atoms with Crippen molar-refractivity contribution in [2.75, 3.05) is 25.1 Å². The lowest BCUT2D eigenvalue weighted by atomic mass is 9.74. The van der Waals surface area contributed by atoms with Gasteiger partial charge in [-0.2, -0.15) is 0 Å². The minimum absolute atomic E-state index is 0.179. The van der Waals surface area contributed by atoms with E-state index >= 15 is 0 Å². The fourth-order valence-electron chi connectivity index (χ4n) is 4.93. The number of hydrogen-bond acceptors (Lipinski definition) is 8. The number of anilines is 2. The van der Waals surface area contributed by atoms with E-state index in [4.69, 9.17) is 9.47 Å². The Morgan fingerprint density at radius 2 is 2.05 bits per heavy atom. The summed E-state index contributed by atoms with van der Waals surface area (Å²) in [5.41, 5.74) is 0.997. The SMILES string of the molecule is CC1(F)CC(COc2ccc3cc2COCCCCNC(=O)c2ccc(c([N+](=O)[O-])c2)-c2ccnc(n2)N3)C1. The Hall–Kier alpha value is -4.12. The predicted molar refractivity (Wildman–Crippen MR) is 143 cm³/mol. The molecule has 0 saturated heterocycles. The minimum Gasteiger partial charge on any atom is -0.493 e. The van der Waals surface area contributed by atoms with Gasteiger partial charge in [-0.3, -0.25) is 14.9 Å². The number of carbonyl (C=O) groups is 1. The molecule has 11 heteroatoms. The number of aromatic nitrogens is 2. The zero-order chi connectivity index (χ0) is 27.4. The second kappa shape index (κ2) is 11.3. The van der Waals surface area contributed by atoms with Gasteiger partial charge in [-0.05, 0) is 74.9 Å². The van der Waals surface area contributed by atoms with Crippen LogP contribution in [0, 0.1) is 16.0 Å². The summed E-state index contributed by atoms with van der Waals surface area (Å²) < 4.78 is 25.8. The van der Waals surface area contributed by atoms with Crippen LogP contribution in [0.2, 0.25) is 0 Å². The van der Waals surface area contributed by atoms with E-state index in [0.717, 1.165) is 5.56 Å². The molecule has 3 aliphatic rings.